The molecule has 3 N–H and O–H groups in total. The fourth-order valence-electron chi connectivity index (χ4n) is 1.64. The van der Waals surface area contributed by atoms with Crippen molar-refractivity contribution in [1.29, 1.82) is 5.26 Å². The van der Waals surface area contributed by atoms with Gasteiger partial charge in [-0.2, -0.15) is 5.26 Å². The van der Waals surface area contributed by atoms with Gasteiger partial charge in [0.2, 0.25) is 0 Å². The molecule has 0 radical (unpaired) electrons. The molecule has 0 aliphatic carbocycles. The van der Waals surface area contributed by atoms with Gasteiger partial charge in [-0.3, -0.25) is 0 Å². The molecule has 1 aromatic carbocycles. The summed E-state index contributed by atoms with van der Waals surface area (Å²) in [5, 5.41) is 18.4. The number of hydrogen-bond acceptors (Lipinski definition) is 4. The summed E-state index contributed by atoms with van der Waals surface area (Å²) in [7, 11) is 0. The van der Waals surface area contributed by atoms with Gasteiger partial charge in [-0.05, 0) is 12.1 Å². The third-order valence-corrected chi connectivity index (χ3v) is 2.34. The molecule has 1 aromatic rings. The molecule has 0 aromatic heterocycles. The zero-order chi connectivity index (χ0) is 10.1. The quantitative estimate of drug-likeness (QED) is 0.640. The first-order valence-corrected chi connectivity index (χ1v) is 4.38. The van der Waals surface area contributed by atoms with E-state index in [4.69, 9.17) is 15.7 Å². The zero-order valence-electron chi connectivity index (χ0n) is 7.53. The normalized spacial score (nSPS) is 19.3. The Labute approximate surface area is 81.5 Å². The van der Waals surface area contributed by atoms with E-state index in [1.807, 2.05) is 6.07 Å². The molecule has 2 rings (SSSR count). The molecule has 0 fully saturated rings. The first-order chi connectivity index (χ1) is 6.74. The zero-order valence-corrected chi connectivity index (χ0v) is 7.53. The van der Waals surface area contributed by atoms with Crippen molar-refractivity contribution in [2.24, 2.45) is 5.73 Å². The maximum Gasteiger partial charge on any atom is 0.166 e. The number of fused-ring (bicyclic) bond motifs is 1. The highest BCUT2D eigenvalue weighted by atomic mass is 16.5. The highest BCUT2D eigenvalue weighted by Crippen LogP contribution is 2.39. The van der Waals surface area contributed by atoms with Crippen molar-refractivity contribution in [2.75, 3.05) is 6.61 Å². The van der Waals surface area contributed by atoms with E-state index in [0.717, 1.165) is 0 Å². The number of hydrogen-bond donors (Lipinski definition) is 2. The highest BCUT2D eigenvalue weighted by molar-refractivity contribution is 5.56. The SMILES string of the molecule is N#Cc1ccc(O)c2c1C(N)CCO2. The van der Waals surface area contributed by atoms with Gasteiger partial charge in [0.15, 0.2) is 11.5 Å². The molecule has 4 heteroatoms. The Morgan fingerprint density at radius 3 is 3.07 bits per heavy atom. The summed E-state index contributed by atoms with van der Waals surface area (Å²) in [5.41, 5.74) is 6.95. The van der Waals surface area contributed by atoms with Crippen LogP contribution in [0.15, 0.2) is 12.1 Å². The van der Waals surface area contributed by atoms with Gasteiger partial charge >= 0.3 is 0 Å². The number of nitriles is 1. The summed E-state index contributed by atoms with van der Waals surface area (Å²) in [6.45, 7) is 0.483. The maximum atomic E-state index is 9.50. The standard InChI is InChI=1S/C10H10N2O2/c11-5-6-1-2-8(13)10-9(6)7(12)3-4-14-10/h1-2,7,13H,3-4,12H2. The van der Waals surface area contributed by atoms with E-state index in [1.165, 1.54) is 6.07 Å². The fourth-order valence-corrected chi connectivity index (χ4v) is 1.64. The molecule has 0 saturated carbocycles. The van der Waals surface area contributed by atoms with Crippen LogP contribution >= 0.6 is 0 Å². The molecular formula is C10H10N2O2. The van der Waals surface area contributed by atoms with E-state index in [1.54, 1.807) is 6.07 Å². The van der Waals surface area contributed by atoms with Crippen molar-refractivity contribution in [2.45, 2.75) is 12.5 Å². The van der Waals surface area contributed by atoms with Gasteiger partial charge in [-0.25, -0.2) is 0 Å². The molecule has 1 unspecified atom stereocenters. The number of rotatable bonds is 0. The third-order valence-electron chi connectivity index (χ3n) is 2.34. The number of phenolic OH excluding ortho intramolecular Hbond substituents is 1. The second-order valence-electron chi connectivity index (χ2n) is 3.23. The van der Waals surface area contributed by atoms with Crippen LogP contribution in [0.4, 0.5) is 0 Å². The van der Waals surface area contributed by atoms with Crippen molar-refractivity contribution in [3.8, 4) is 17.6 Å². The van der Waals surface area contributed by atoms with Crippen molar-refractivity contribution in [1.82, 2.24) is 0 Å². The lowest BCUT2D eigenvalue weighted by Crippen LogP contribution is -2.21. The van der Waals surface area contributed by atoms with Crippen LogP contribution in [0.5, 0.6) is 11.5 Å². The summed E-state index contributed by atoms with van der Waals surface area (Å²) in [6, 6.07) is 4.83. The monoisotopic (exact) mass is 190 g/mol. The highest BCUT2D eigenvalue weighted by Gasteiger charge is 2.24. The summed E-state index contributed by atoms with van der Waals surface area (Å²) in [6.07, 6.45) is 0.672. The van der Waals surface area contributed by atoms with Crippen LogP contribution in [0, 0.1) is 11.3 Å². The number of nitrogens with zero attached hydrogens (tertiary/aromatic N) is 1. The van der Waals surface area contributed by atoms with Crippen LogP contribution in [0.2, 0.25) is 0 Å². The van der Waals surface area contributed by atoms with Crippen molar-refractivity contribution in [3.05, 3.63) is 23.3 Å². The molecule has 72 valence electrons. The Bertz CT molecular complexity index is 409. The van der Waals surface area contributed by atoms with Gasteiger partial charge in [0, 0.05) is 18.0 Å². The first-order valence-electron chi connectivity index (χ1n) is 4.38. The van der Waals surface area contributed by atoms with Gasteiger partial charge in [-0.1, -0.05) is 0 Å². The molecule has 1 atom stereocenters. The van der Waals surface area contributed by atoms with Gasteiger partial charge in [0.25, 0.3) is 0 Å². The molecule has 0 bridgehead atoms. The minimum atomic E-state index is -0.222. The van der Waals surface area contributed by atoms with Crippen molar-refractivity contribution >= 4 is 0 Å². The van der Waals surface area contributed by atoms with Crippen LogP contribution in [-0.4, -0.2) is 11.7 Å². The number of nitrogens with two attached hydrogens (primary N) is 1. The smallest absolute Gasteiger partial charge is 0.166 e. The summed E-state index contributed by atoms with van der Waals surface area (Å²) in [4.78, 5) is 0. The van der Waals surface area contributed by atoms with E-state index in [9.17, 15) is 5.11 Å². The molecule has 1 aliphatic heterocycles. The minimum Gasteiger partial charge on any atom is -0.504 e. The van der Waals surface area contributed by atoms with Gasteiger partial charge in [-0.15, -0.1) is 0 Å². The number of aromatic hydroxyl groups is 1. The average Bonchev–Trinajstić information content (AvgIpc) is 2.20. The van der Waals surface area contributed by atoms with Crippen LogP contribution < -0.4 is 10.5 Å². The van der Waals surface area contributed by atoms with Crippen LogP contribution in [0.25, 0.3) is 0 Å². The molecule has 0 saturated heterocycles. The predicted octanol–water partition coefficient (Wildman–Crippen LogP) is 1.05. The Kier molecular flexibility index (Phi) is 2.02. The number of benzene rings is 1. The summed E-state index contributed by atoms with van der Waals surface area (Å²) in [5.74, 6) is 0.414. The van der Waals surface area contributed by atoms with Crippen molar-refractivity contribution < 1.29 is 9.84 Å². The third kappa shape index (κ3) is 1.19. The topological polar surface area (TPSA) is 79.3 Å². The molecule has 0 amide bonds. The lowest BCUT2D eigenvalue weighted by atomic mass is 9.96. The Hall–Kier alpha value is -1.73. The molecule has 1 heterocycles. The van der Waals surface area contributed by atoms with Crippen LogP contribution in [-0.2, 0) is 0 Å². The van der Waals surface area contributed by atoms with Crippen LogP contribution in [0.3, 0.4) is 0 Å². The van der Waals surface area contributed by atoms with E-state index in [2.05, 4.69) is 0 Å². The second kappa shape index (κ2) is 3.20. The maximum absolute atomic E-state index is 9.50. The molecule has 1 aliphatic rings. The largest absolute Gasteiger partial charge is 0.504 e. The Morgan fingerprint density at radius 2 is 2.36 bits per heavy atom. The van der Waals surface area contributed by atoms with E-state index in [0.29, 0.717) is 29.9 Å². The lowest BCUT2D eigenvalue weighted by Gasteiger charge is -2.24. The Morgan fingerprint density at radius 1 is 1.57 bits per heavy atom. The molecule has 14 heavy (non-hydrogen) atoms. The lowest BCUT2D eigenvalue weighted by molar-refractivity contribution is 0.255. The van der Waals surface area contributed by atoms with Gasteiger partial charge < -0.3 is 15.6 Å². The summed E-state index contributed by atoms with van der Waals surface area (Å²) < 4.78 is 5.29. The molecule has 0 spiro atoms. The molecular weight excluding hydrogens is 180 g/mol. The predicted molar refractivity (Wildman–Crippen MR) is 49.9 cm³/mol. The van der Waals surface area contributed by atoms with E-state index >= 15 is 0 Å². The minimum absolute atomic E-state index is 0.0501. The first kappa shape index (κ1) is 8.85. The number of phenols is 1. The number of ether oxygens (including phenoxy) is 1. The Balaban J connectivity index is 2.65. The second-order valence-corrected chi connectivity index (χ2v) is 3.23. The average molecular weight is 190 g/mol. The van der Waals surface area contributed by atoms with E-state index in [-0.39, 0.29) is 11.8 Å². The van der Waals surface area contributed by atoms with Gasteiger partial charge in [0.1, 0.15) is 0 Å². The molecule has 4 nitrogen and oxygen atoms in total. The van der Waals surface area contributed by atoms with Crippen molar-refractivity contribution in [3.63, 3.8) is 0 Å². The fraction of sp³-hybridized carbons (Fsp3) is 0.300. The van der Waals surface area contributed by atoms with Gasteiger partial charge in [0.05, 0.1) is 18.2 Å². The summed E-state index contributed by atoms with van der Waals surface area (Å²) >= 11 is 0. The van der Waals surface area contributed by atoms with E-state index < -0.39 is 0 Å². The van der Waals surface area contributed by atoms with Crippen LogP contribution in [0.1, 0.15) is 23.6 Å².